The molecule has 0 radical (unpaired) electrons. The first-order valence-corrected chi connectivity index (χ1v) is 13.9. The van der Waals surface area contributed by atoms with Crippen LogP contribution < -0.4 is 9.80 Å². The lowest BCUT2D eigenvalue weighted by molar-refractivity contribution is -0.154. The quantitative estimate of drug-likeness (QED) is 0.274. The summed E-state index contributed by atoms with van der Waals surface area (Å²) in [4.78, 5) is 54.6. The number of hydrogen-bond donors (Lipinski definition) is 2. The zero-order valence-electron chi connectivity index (χ0n) is 23.2. The number of benzene rings is 2. The van der Waals surface area contributed by atoms with Crippen LogP contribution >= 0.6 is 0 Å². The first-order valence-electron chi connectivity index (χ1n) is 13.9. The third-order valence-electron chi connectivity index (χ3n) is 8.22. The molecule has 3 aliphatic heterocycles. The van der Waals surface area contributed by atoms with Gasteiger partial charge in [0.05, 0.1) is 31.3 Å². The molecule has 41 heavy (non-hydrogen) atoms. The third kappa shape index (κ3) is 5.25. The maximum Gasteiger partial charge on any atom is 0.304 e. The Hall–Kier alpha value is -4.02. The van der Waals surface area contributed by atoms with E-state index in [0.29, 0.717) is 23.5 Å². The summed E-state index contributed by atoms with van der Waals surface area (Å²) in [6.07, 6.45) is 4.70. The standard InChI is InChI=1S/C31H35N3O7/c1-20(7-5-11-27(37)32-16-6-8-24(32)19-35)31(40)25-9-3-4-10-26(25)33(30(31)39)18-22-12-14-23(15-13-22)34-28(38)17-29(34)41-21(2)36/h3-5,7,9-10,12-15,20,24,29,35,40H,6,8,11,16-19H2,1-2H3/b7-5+/t20-,24-,29?,31+/m0/s1. The summed E-state index contributed by atoms with van der Waals surface area (Å²) in [5, 5.41) is 21.3. The molecular formula is C31H35N3O7. The molecule has 1 unspecified atom stereocenters. The van der Waals surface area contributed by atoms with Gasteiger partial charge in [-0.3, -0.25) is 24.1 Å². The Morgan fingerprint density at radius 2 is 1.88 bits per heavy atom. The molecule has 0 aromatic heterocycles. The molecule has 2 fully saturated rings. The topological polar surface area (TPSA) is 128 Å². The molecule has 3 aliphatic rings. The second-order valence-electron chi connectivity index (χ2n) is 10.9. The van der Waals surface area contributed by atoms with Crippen molar-refractivity contribution in [2.45, 2.75) is 63.9 Å². The number of para-hydroxylation sites is 1. The summed E-state index contributed by atoms with van der Waals surface area (Å²) in [6.45, 7) is 3.82. The number of carbonyl (C=O) groups excluding carboxylic acids is 4. The van der Waals surface area contributed by atoms with Crippen molar-refractivity contribution in [1.82, 2.24) is 4.90 Å². The van der Waals surface area contributed by atoms with E-state index in [4.69, 9.17) is 4.74 Å². The third-order valence-corrected chi connectivity index (χ3v) is 8.22. The van der Waals surface area contributed by atoms with Crippen molar-refractivity contribution in [2.24, 2.45) is 5.92 Å². The Labute approximate surface area is 238 Å². The number of amides is 3. The van der Waals surface area contributed by atoms with Gasteiger partial charge in [0.1, 0.15) is 0 Å². The Kier molecular flexibility index (Phi) is 7.97. The summed E-state index contributed by atoms with van der Waals surface area (Å²) in [5.41, 5.74) is 0.680. The summed E-state index contributed by atoms with van der Waals surface area (Å²) >= 11 is 0. The minimum absolute atomic E-state index is 0.0549. The van der Waals surface area contributed by atoms with E-state index in [2.05, 4.69) is 0 Å². The van der Waals surface area contributed by atoms with Crippen LogP contribution in [0, 0.1) is 5.92 Å². The largest absolute Gasteiger partial charge is 0.441 e. The molecule has 4 atom stereocenters. The molecule has 10 nitrogen and oxygen atoms in total. The molecule has 2 aromatic carbocycles. The van der Waals surface area contributed by atoms with Crippen molar-refractivity contribution in [2.75, 3.05) is 23.0 Å². The zero-order chi connectivity index (χ0) is 29.3. The van der Waals surface area contributed by atoms with E-state index in [0.717, 1.165) is 18.4 Å². The molecule has 0 bridgehead atoms. The fraction of sp³-hybridized carbons (Fsp3) is 0.419. The first kappa shape index (κ1) is 28.5. The maximum absolute atomic E-state index is 13.8. The Bertz CT molecular complexity index is 1370. The second kappa shape index (κ2) is 11.5. The highest BCUT2D eigenvalue weighted by Crippen LogP contribution is 2.45. The zero-order valence-corrected chi connectivity index (χ0v) is 23.2. The van der Waals surface area contributed by atoms with Gasteiger partial charge in [-0.05, 0) is 36.6 Å². The number of anilines is 2. The number of β-lactam (4-membered cyclic amide) rings is 1. The van der Waals surface area contributed by atoms with E-state index in [1.807, 2.05) is 6.07 Å². The minimum atomic E-state index is -1.81. The average Bonchev–Trinajstić information content (AvgIpc) is 3.52. The smallest absolute Gasteiger partial charge is 0.304 e. The molecule has 0 aliphatic carbocycles. The number of fused-ring (bicyclic) bond motifs is 1. The minimum Gasteiger partial charge on any atom is -0.441 e. The van der Waals surface area contributed by atoms with Crippen LogP contribution in [-0.2, 0) is 36.1 Å². The van der Waals surface area contributed by atoms with Crippen molar-refractivity contribution in [3.63, 3.8) is 0 Å². The highest BCUT2D eigenvalue weighted by molar-refractivity contribution is 6.07. The average molecular weight is 562 g/mol. The molecule has 2 aromatic rings. The van der Waals surface area contributed by atoms with Gasteiger partial charge in [0.15, 0.2) is 11.8 Å². The van der Waals surface area contributed by atoms with Crippen LogP contribution in [0.2, 0.25) is 0 Å². The Morgan fingerprint density at radius 1 is 1.15 bits per heavy atom. The normalized spacial score (nSPS) is 24.5. The highest BCUT2D eigenvalue weighted by atomic mass is 16.6. The monoisotopic (exact) mass is 561 g/mol. The maximum atomic E-state index is 13.8. The van der Waals surface area contributed by atoms with Gasteiger partial charge >= 0.3 is 5.97 Å². The molecule has 2 N–H and O–H groups in total. The van der Waals surface area contributed by atoms with E-state index in [1.165, 1.54) is 11.8 Å². The number of carbonyl (C=O) groups is 4. The summed E-state index contributed by atoms with van der Waals surface area (Å²) in [6, 6.07) is 14.1. The fourth-order valence-corrected chi connectivity index (χ4v) is 5.97. The van der Waals surface area contributed by atoms with Crippen LogP contribution in [0.3, 0.4) is 0 Å². The van der Waals surface area contributed by atoms with Crippen LogP contribution in [0.5, 0.6) is 0 Å². The van der Waals surface area contributed by atoms with Crippen molar-refractivity contribution in [3.05, 3.63) is 71.8 Å². The number of ether oxygens (including phenoxy) is 1. The van der Waals surface area contributed by atoms with E-state index >= 15 is 0 Å². The first-order chi connectivity index (χ1) is 19.6. The van der Waals surface area contributed by atoms with Crippen LogP contribution in [0.15, 0.2) is 60.7 Å². The fourth-order valence-electron chi connectivity index (χ4n) is 5.97. The van der Waals surface area contributed by atoms with Gasteiger partial charge in [-0.1, -0.05) is 49.4 Å². The summed E-state index contributed by atoms with van der Waals surface area (Å²) in [7, 11) is 0. The molecule has 5 rings (SSSR count). The number of hydrogen-bond acceptors (Lipinski definition) is 7. The summed E-state index contributed by atoms with van der Waals surface area (Å²) < 4.78 is 5.19. The van der Waals surface area contributed by atoms with Crippen LogP contribution in [0.4, 0.5) is 11.4 Å². The van der Waals surface area contributed by atoms with Crippen molar-refractivity contribution < 1.29 is 34.1 Å². The predicted molar refractivity (Wildman–Crippen MR) is 150 cm³/mol. The van der Waals surface area contributed by atoms with E-state index < -0.39 is 29.6 Å². The van der Waals surface area contributed by atoms with Gasteiger partial charge in [-0.15, -0.1) is 0 Å². The molecule has 3 heterocycles. The predicted octanol–water partition coefficient (Wildman–Crippen LogP) is 2.61. The van der Waals surface area contributed by atoms with Gasteiger partial charge in [-0.25, -0.2) is 0 Å². The number of nitrogens with zero attached hydrogens (tertiary/aromatic N) is 3. The highest BCUT2D eigenvalue weighted by Gasteiger charge is 2.52. The van der Waals surface area contributed by atoms with Crippen molar-refractivity contribution >= 4 is 35.1 Å². The SMILES string of the molecule is CC(=O)OC1CC(=O)N1c1ccc(CN2C(=O)[C@@](O)([C@@H](C)/C=C/CC(=O)N3CCC[C@H]3CO)c3ccccc32)cc1. The van der Waals surface area contributed by atoms with Gasteiger partial charge < -0.3 is 24.7 Å². The van der Waals surface area contributed by atoms with Gasteiger partial charge in [-0.2, -0.15) is 0 Å². The van der Waals surface area contributed by atoms with Crippen LogP contribution in [0.25, 0.3) is 0 Å². The molecule has 10 heteroatoms. The molecule has 3 amide bonds. The molecule has 0 spiro atoms. The van der Waals surface area contributed by atoms with Gasteiger partial charge in [0.25, 0.3) is 5.91 Å². The van der Waals surface area contributed by atoms with Crippen molar-refractivity contribution in [3.8, 4) is 0 Å². The molecule has 0 saturated carbocycles. The van der Waals surface area contributed by atoms with E-state index in [9.17, 15) is 29.4 Å². The number of likely N-dealkylation sites (tertiary alicyclic amines) is 1. The van der Waals surface area contributed by atoms with Crippen molar-refractivity contribution in [1.29, 1.82) is 0 Å². The molecule has 216 valence electrons. The number of aliphatic hydroxyl groups excluding tert-OH is 1. The Balaban J connectivity index is 1.30. The molecular weight excluding hydrogens is 526 g/mol. The number of aliphatic hydroxyl groups is 2. The summed E-state index contributed by atoms with van der Waals surface area (Å²) in [5.74, 6) is -1.76. The van der Waals surface area contributed by atoms with E-state index in [-0.39, 0.29) is 43.8 Å². The lowest BCUT2D eigenvalue weighted by atomic mass is 9.83. The Morgan fingerprint density at radius 3 is 2.56 bits per heavy atom. The number of rotatable bonds is 9. The number of esters is 1. The van der Waals surface area contributed by atoms with Crippen LogP contribution in [-0.4, -0.2) is 64.2 Å². The van der Waals surface area contributed by atoms with Crippen LogP contribution in [0.1, 0.15) is 50.7 Å². The van der Waals surface area contributed by atoms with Gasteiger partial charge in [0.2, 0.25) is 11.8 Å². The van der Waals surface area contributed by atoms with E-state index in [1.54, 1.807) is 71.3 Å². The lowest BCUT2D eigenvalue weighted by Gasteiger charge is -2.39. The lowest BCUT2D eigenvalue weighted by Crippen LogP contribution is -2.54. The molecule has 2 saturated heterocycles. The second-order valence-corrected chi connectivity index (χ2v) is 10.9. The van der Waals surface area contributed by atoms with Gasteiger partial charge in [0, 0.05) is 37.1 Å².